The lowest BCUT2D eigenvalue weighted by Gasteiger charge is -1.84. The minimum Gasteiger partial charge on any atom is -0.388 e. The molecule has 0 aliphatic heterocycles. The Morgan fingerprint density at radius 1 is 1.62 bits per heavy atom. The van der Waals surface area contributed by atoms with E-state index in [1.807, 2.05) is 13.2 Å². The number of rotatable bonds is 2. The van der Waals surface area contributed by atoms with Gasteiger partial charge in [-0.3, -0.25) is 9.78 Å². The average Bonchev–Trinajstić information content (AvgIpc) is 2.71. The molecule has 0 atom stereocenters. The molecule has 0 radical (unpaired) electrons. The van der Waals surface area contributed by atoms with E-state index in [2.05, 4.69) is 20.3 Å². The summed E-state index contributed by atoms with van der Waals surface area (Å²) >= 11 is 0. The highest BCUT2D eigenvalue weighted by molar-refractivity contribution is 5.51. The Balaban J connectivity index is 2.35. The second-order valence-electron chi connectivity index (χ2n) is 2.67. The first-order chi connectivity index (χ1) is 6.29. The first-order valence-corrected chi connectivity index (χ1v) is 3.81. The molecule has 13 heavy (non-hydrogen) atoms. The number of aryl methyl sites for hydroxylation is 1. The van der Waals surface area contributed by atoms with E-state index in [1.165, 1.54) is 0 Å². The Kier molecular flexibility index (Phi) is 1.82. The van der Waals surface area contributed by atoms with Gasteiger partial charge in [-0.05, 0) is 0 Å². The molecule has 0 saturated heterocycles. The number of nitrogens with one attached hydrogen (secondary N) is 1. The highest BCUT2D eigenvalue weighted by Gasteiger charge is 2.06. The molecule has 0 bridgehead atoms. The number of aliphatic hydroxyl groups is 1. The monoisotopic (exact) mass is 179 g/mol. The van der Waals surface area contributed by atoms with Crippen LogP contribution >= 0.6 is 0 Å². The molecule has 6 nitrogen and oxygen atoms in total. The van der Waals surface area contributed by atoms with Gasteiger partial charge in [-0.15, -0.1) is 0 Å². The summed E-state index contributed by atoms with van der Waals surface area (Å²) in [6.45, 7) is -0.132. The minimum atomic E-state index is -0.132. The van der Waals surface area contributed by atoms with Crippen LogP contribution in [0.5, 0.6) is 0 Å². The van der Waals surface area contributed by atoms with Crippen molar-refractivity contribution in [1.82, 2.24) is 25.0 Å². The van der Waals surface area contributed by atoms with Gasteiger partial charge < -0.3 is 5.11 Å². The predicted octanol–water partition coefficient (Wildman–Crippen LogP) is -0.303. The lowest BCUT2D eigenvalue weighted by molar-refractivity contribution is 0.272. The number of aromatic amines is 1. The van der Waals surface area contributed by atoms with Gasteiger partial charge >= 0.3 is 0 Å². The molecule has 2 rings (SSSR count). The summed E-state index contributed by atoms with van der Waals surface area (Å²) in [5.41, 5.74) is 0.832. The lowest BCUT2D eigenvalue weighted by Crippen LogP contribution is -1.85. The van der Waals surface area contributed by atoms with Gasteiger partial charge in [-0.25, -0.2) is 4.98 Å². The Labute approximate surface area is 74.2 Å². The van der Waals surface area contributed by atoms with Gasteiger partial charge in [-0.1, -0.05) is 0 Å². The van der Waals surface area contributed by atoms with Crippen molar-refractivity contribution < 1.29 is 5.11 Å². The summed E-state index contributed by atoms with van der Waals surface area (Å²) in [6, 6.07) is 0. The van der Waals surface area contributed by atoms with Crippen LogP contribution in [0.2, 0.25) is 0 Å². The van der Waals surface area contributed by atoms with Crippen molar-refractivity contribution in [3.63, 3.8) is 0 Å². The van der Waals surface area contributed by atoms with E-state index >= 15 is 0 Å². The summed E-state index contributed by atoms with van der Waals surface area (Å²) in [4.78, 5) is 4.04. The van der Waals surface area contributed by atoms with Crippen LogP contribution in [0.3, 0.4) is 0 Å². The van der Waals surface area contributed by atoms with E-state index in [0.29, 0.717) is 11.6 Å². The van der Waals surface area contributed by atoms with Crippen molar-refractivity contribution in [2.24, 2.45) is 7.05 Å². The summed E-state index contributed by atoms with van der Waals surface area (Å²) in [6.07, 6.45) is 3.48. The smallest absolute Gasteiger partial charge is 0.184 e. The van der Waals surface area contributed by atoms with Gasteiger partial charge in [0, 0.05) is 13.2 Å². The Bertz CT molecular complexity index is 404. The maximum atomic E-state index is 8.75. The molecule has 0 saturated carbocycles. The number of aromatic nitrogens is 5. The normalized spacial score (nSPS) is 10.6. The van der Waals surface area contributed by atoms with E-state index < -0.39 is 0 Å². The molecule has 0 aromatic carbocycles. The molecule has 0 amide bonds. The molecule has 0 aliphatic rings. The predicted molar refractivity (Wildman–Crippen MR) is 44.5 cm³/mol. The summed E-state index contributed by atoms with van der Waals surface area (Å²) in [5, 5.41) is 19.3. The zero-order valence-electron chi connectivity index (χ0n) is 7.10. The van der Waals surface area contributed by atoms with Gasteiger partial charge in [0.25, 0.3) is 0 Å². The summed E-state index contributed by atoms with van der Waals surface area (Å²) in [7, 11) is 1.82. The van der Waals surface area contributed by atoms with Gasteiger partial charge in [-0.2, -0.15) is 10.2 Å². The molecular formula is C7H9N5O. The number of aliphatic hydroxyl groups excluding tert-OH is 1. The molecule has 0 fully saturated rings. The molecule has 6 heteroatoms. The van der Waals surface area contributed by atoms with Crippen LogP contribution in [0, 0.1) is 0 Å². The molecule has 2 aromatic rings. The standard InChI is InChI=1S/C7H9N5O/c1-12-3-5(2-8-12)7-9-6(4-13)10-11-7/h2-3,13H,4H2,1H3,(H,9,10,11). The second kappa shape index (κ2) is 2.98. The number of hydrogen-bond acceptors (Lipinski definition) is 4. The van der Waals surface area contributed by atoms with Gasteiger partial charge in [0.2, 0.25) is 0 Å². The average molecular weight is 179 g/mol. The van der Waals surface area contributed by atoms with Crippen LogP contribution in [0.4, 0.5) is 0 Å². The second-order valence-corrected chi connectivity index (χ2v) is 2.67. The highest BCUT2D eigenvalue weighted by atomic mass is 16.3. The molecule has 2 aromatic heterocycles. The van der Waals surface area contributed by atoms with Gasteiger partial charge in [0.05, 0.1) is 11.8 Å². The Morgan fingerprint density at radius 2 is 2.46 bits per heavy atom. The SMILES string of the molecule is Cn1cc(-c2n[nH]c(CO)n2)cn1. The first-order valence-electron chi connectivity index (χ1n) is 3.81. The zero-order valence-corrected chi connectivity index (χ0v) is 7.10. The number of hydrogen-bond donors (Lipinski definition) is 2. The molecule has 2 heterocycles. The van der Waals surface area contributed by atoms with E-state index in [4.69, 9.17) is 5.11 Å². The van der Waals surface area contributed by atoms with Crippen molar-refractivity contribution in [3.8, 4) is 11.4 Å². The third-order valence-corrected chi connectivity index (χ3v) is 1.64. The Morgan fingerprint density at radius 3 is 3.00 bits per heavy atom. The van der Waals surface area contributed by atoms with E-state index in [9.17, 15) is 0 Å². The van der Waals surface area contributed by atoms with E-state index in [0.717, 1.165) is 5.56 Å². The zero-order chi connectivity index (χ0) is 9.26. The Hall–Kier alpha value is -1.69. The van der Waals surface area contributed by atoms with Crippen molar-refractivity contribution in [2.75, 3.05) is 0 Å². The third kappa shape index (κ3) is 1.43. The van der Waals surface area contributed by atoms with Crippen molar-refractivity contribution >= 4 is 0 Å². The molecule has 68 valence electrons. The van der Waals surface area contributed by atoms with Crippen LogP contribution in [-0.2, 0) is 13.7 Å². The number of H-pyrrole nitrogens is 1. The lowest BCUT2D eigenvalue weighted by atomic mass is 10.3. The fourth-order valence-corrected chi connectivity index (χ4v) is 1.03. The quantitative estimate of drug-likeness (QED) is 0.663. The van der Waals surface area contributed by atoms with Crippen LogP contribution < -0.4 is 0 Å². The van der Waals surface area contributed by atoms with Gasteiger partial charge in [0.1, 0.15) is 6.61 Å². The fourth-order valence-electron chi connectivity index (χ4n) is 1.03. The summed E-state index contributed by atoms with van der Waals surface area (Å²) < 4.78 is 1.67. The van der Waals surface area contributed by atoms with Crippen LogP contribution in [0.15, 0.2) is 12.4 Å². The topological polar surface area (TPSA) is 79.6 Å². The van der Waals surface area contributed by atoms with Crippen molar-refractivity contribution in [3.05, 3.63) is 18.2 Å². The van der Waals surface area contributed by atoms with Crippen molar-refractivity contribution in [2.45, 2.75) is 6.61 Å². The first kappa shape index (κ1) is 7.93. The third-order valence-electron chi connectivity index (χ3n) is 1.64. The number of nitrogens with zero attached hydrogens (tertiary/aromatic N) is 4. The highest BCUT2D eigenvalue weighted by Crippen LogP contribution is 2.11. The minimum absolute atomic E-state index is 0.132. The van der Waals surface area contributed by atoms with Gasteiger partial charge in [0.15, 0.2) is 11.6 Å². The molecule has 0 aliphatic carbocycles. The van der Waals surface area contributed by atoms with Crippen LogP contribution in [-0.4, -0.2) is 30.1 Å². The molecule has 2 N–H and O–H groups in total. The largest absolute Gasteiger partial charge is 0.388 e. The van der Waals surface area contributed by atoms with Crippen LogP contribution in [0.1, 0.15) is 5.82 Å². The maximum Gasteiger partial charge on any atom is 0.184 e. The summed E-state index contributed by atoms with van der Waals surface area (Å²) in [5.74, 6) is 1.01. The molecule has 0 spiro atoms. The van der Waals surface area contributed by atoms with E-state index in [-0.39, 0.29) is 6.61 Å². The van der Waals surface area contributed by atoms with Crippen LogP contribution in [0.25, 0.3) is 11.4 Å². The maximum absolute atomic E-state index is 8.75. The molecule has 0 unspecified atom stereocenters. The van der Waals surface area contributed by atoms with E-state index in [1.54, 1.807) is 10.9 Å². The fraction of sp³-hybridized carbons (Fsp3) is 0.286. The van der Waals surface area contributed by atoms with Crippen molar-refractivity contribution in [1.29, 1.82) is 0 Å². The molecular weight excluding hydrogens is 170 g/mol.